The summed E-state index contributed by atoms with van der Waals surface area (Å²) in [6, 6.07) is 0. The molecule has 0 spiro atoms. The summed E-state index contributed by atoms with van der Waals surface area (Å²) in [6.45, 7) is 1.93. The summed E-state index contributed by atoms with van der Waals surface area (Å²) in [6.07, 6.45) is 2.92. The first-order chi connectivity index (χ1) is 6.08. The molecule has 0 bridgehead atoms. The molecule has 13 heavy (non-hydrogen) atoms. The van der Waals surface area contributed by atoms with Gasteiger partial charge in [-0.3, -0.25) is 9.59 Å². The molecule has 72 valence electrons. The number of rotatable bonds is 2. The molecule has 2 aliphatic carbocycles. The van der Waals surface area contributed by atoms with Crippen LogP contribution in [0.3, 0.4) is 0 Å². The minimum Gasteiger partial charge on any atom is -0.481 e. The first-order valence-electron chi connectivity index (χ1n) is 4.84. The van der Waals surface area contributed by atoms with Crippen LogP contribution in [0.1, 0.15) is 32.6 Å². The first kappa shape index (κ1) is 8.73. The van der Waals surface area contributed by atoms with Crippen LogP contribution < -0.4 is 0 Å². The van der Waals surface area contributed by atoms with Crippen molar-refractivity contribution in [2.45, 2.75) is 32.6 Å². The van der Waals surface area contributed by atoms with Crippen LogP contribution in [0.4, 0.5) is 0 Å². The summed E-state index contributed by atoms with van der Waals surface area (Å²) in [5.74, 6) is -0.164. The lowest BCUT2D eigenvalue weighted by Gasteiger charge is -2.47. The van der Waals surface area contributed by atoms with Crippen molar-refractivity contribution >= 4 is 11.8 Å². The van der Waals surface area contributed by atoms with E-state index < -0.39 is 11.4 Å². The second kappa shape index (κ2) is 2.56. The summed E-state index contributed by atoms with van der Waals surface area (Å²) in [4.78, 5) is 22.3. The Bertz CT molecular complexity index is 271. The van der Waals surface area contributed by atoms with Gasteiger partial charge in [0.15, 0.2) is 0 Å². The number of Topliss-reactive ketones (excluding diaryl/α,β-unsaturated/α-hetero) is 1. The largest absolute Gasteiger partial charge is 0.481 e. The van der Waals surface area contributed by atoms with Crippen LogP contribution in [0.2, 0.25) is 0 Å². The molecule has 2 saturated carbocycles. The van der Waals surface area contributed by atoms with Gasteiger partial charge in [-0.1, -0.05) is 13.3 Å². The van der Waals surface area contributed by atoms with E-state index in [-0.39, 0.29) is 18.1 Å². The Hall–Kier alpha value is -0.860. The highest BCUT2D eigenvalue weighted by Gasteiger charge is 2.62. The molecular formula is C10H14O3. The molecule has 0 aromatic rings. The fourth-order valence-electron chi connectivity index (χ4n) is 3.25. The summed E-state index contributed by atoms with van der Waals surface area (Å²) < 4.78 is 0. The van der Waals surface area contributed by atoms with Crippen LogP contribution in [0.25, 0.3) is 0 Å². The highest BCUT2D eigenvalue weighted by Crippen LogP contribution is 2.59. The van der Waals surface area contributed by atoms with Crippen molar-refractivity contribution in [1.29, 1.82) is 0 Å². The molecule has 3 atom stereocenters. The van der Waals surface area contributed by atoms with E-state index in [1.807, 2.05) is 6.92 Å². The number of hydrogen-bond acceptors (Lipinski definition) is 2. The van der Waals surface area contributed by atoms with Gasteiger partial charge in [0.25, 0.3) is 0 Å². The van der Waals surface area contributed by atoms with Crippen LogP contribution in [-0.4, -0.2) is 16.9 Å². The van der Waals surface area contributed by atoms with Crippen molar-refractivity contribution in [1.82, 2.24) is 0 Å². The van der Waals surface area contributed by atoms with Crippen molar-refractivity contribution in [3.63, 3.8) is 0 Å². The van der Waals surface area contributed by atoms with Gasteiger partial charge in [0.1, 0.15) is 5.78 Å². The van der Waals surface area contributed by atoms with E-state index >= 15 is 0 Å². The third kappa shape index (κ3) is 0.960. The predicted molar refractivity (Wildman–Crippen MR) is 46.2 cm³/mol. The zero-order valence-electron chi connectivity index (χ0n) is 7.75. The number of fused-ring (bicyclic) bond motifs is 1. The molecule has 3 nitrogen and oxygen atoms in total. The van der Waals surface area contributed by atoms with Gasteiger partial charge in [-0.15, -0.1) is 0 Å². The molecule has 0 aromatic carbocycles. The first-order valence-corrected chi connectivity index (χ1v) is 4.84. The fraction of sp³-hybridized carbons (Fsp3) is 0.800. The second-order valence-corrected chi connectivity index (χ2v) is 4.38. The van der Waals surface area contributed by atoms with Crippen LogP contribution in [0.15, 0.2) is 0 Å². The van der Waals surface area contributed by atoms with Crippen molar-refractivity contribution in [2.75, 3.05) is 0 Å². The van der Waals surface area contributed by atoms with E-state index in [0.29, 0.717) is 5.92 Å². The van der Waals surface area contributed by atoms with E-state index in [1.54, 1.807) is 0 Å². The Labute approximate surface area is 77.1 Å². The summed E-state index contributed by atoms with van der Waals surface area (Å²) >= 11 is 0. The Morgan fingerprint density at radius 3 is 3.00 bits per heavy atom. The molecule has 2 fully saturated rings. The van der Waals surface area contributed by atoms with Crippen LogP contribution in [-0.2, 0) is 9.59 Å². The van der Waals surface area contributed by atoms with E-state index in [1.165, 1.54) is 0 Å². The molecule has 0 aliphatic heterocycles. The van der Waals surface area contributed by atoms with E-state index in [4.69, 9.17) is 5.11 Å². The average Bonchev–Trinajstić information content (AvgIpc) is 2.43. The van der Waals surface area contributed by atoms with Crippen LogP contribution in [0.5, 0.6) is 0 Å². The summed E-state index contributed by atoms with van der Waals surface area (Å²) in [7, 11) is 0. The molecule has 0 saturated heterocycles. The van der Waals surface area contributed by atoms with Gasteiger partial charge in [-0.2, -0.15) is 0 Å². The number of ketones is 1. The highest BCUT2D eigenvalue weighted by molar-refractivity contribution is 5.96. The minimum absolute atomic E-state index is 0.0564. The van der Waals surface area contributed by atoms with Gasteiger partial charge in [0.2, 0.25) is 0 Å². The van der Waals surface area contributed by atoms with E-state index in [9.17, 15) is 9.59 Å². The normalized spacial score (nSPS) is 42.7. The standard InChI is InChI=1S/C10H14O3/c1-6-7-3-2-4-10(7,9(6)13)5-8(11)12/h6-7H,2-5H2,1H3,(H,11,12)/t6-,7+,10?/m1/s1. The number of carboxylic acid groups (broad SMARTS) is 1. The average molecular weight is 182 g/mol. The molecule has 1 N–H and O–H groups in total. The van der Waals surface area contributed by atoms with Crippen molar-refractivity contribution < 1.29 is 14.7 Å². The predicted octanol–water partition coefficient (Wildman–Crippen LogP) is 1.47. The molecule has 0 aromatic heterocycles. The monoisotopic (exact) mass is 182 g/mol. The van der Waals surface area contributed by atoms with Gasteiger partial charge in [0, 0.05) is 11.3 Å². The molecular weight excluding hydrogens is 168 g/mol. The zero-order chi connectivity index (χ0) is 9.64. The van der Waals surface area contributed by atoms with Gasteiger partial charge in [-0.25, -0.2) is 0 Å². The van der Waals surface area contributed by atoms with Crippen molar-refractivity contribution in [3.8, 4) is 0 Å². The number of aliphatic carboxylic acids is 1. The fourth-order valence-corrected chi connectivity index (χ4v) is 3.25. The zero-order valence-corrected chi connectivity index (χ0v) is 7.75. The Morgan fingerprint density at radius 2 is 2.38 bits per heavy atom. The Morgan fingerprint density at radius 1 is 1.69 bits per heavy atom. The number of carboxylic acids is 1. The van der Waals surface area contributed by atoms with Gasteiger partial charge in [-0.05, 0) is 18.8 Å². The molecule has 0 heterocycles. The molecule has 1 unspecified atom stereocenters. The third-order valence-corrected chi connectivity index (χ3v) is 3.82. The number of hydrogen-bond donors (Lipinski definition) is 1. The lowest BCUT2D eigenvalue weighted by molar-refractivity contribution is -0.161. The highest BCUT2D eigenvalue weighted by atomic mass is 16.4. The van der Waals surface area contributed by atoms with Gasteiger partial charge < -0.3 is 5.11 Å². The SMILES string of the molecule is C[C@H]1C(=O)C2(CC(=O)O)CCC[C@@H]12. The second-order valence-electron chi connectivity index (χ2n) is 4.38. The maximum absolute atomic E-state index is 11.6. The van der Waals surface area contributed by atoms with Crippen molar-refractivity contribution in [3.05, 3.63) is 0 Å². The molecule has 2 aliphatic rings. The summed E-state index contributed by atoms with van der Waals surface area (Å²) in [5, 5.41) is 8.74. The Balaban J connectivity index is 2.21. The minimum atomic E-state index is -0.827. The maximum atomic E-state index is 11.6. The molecule has 0 amide bonds. The Kier molecular flexibility index (Phi) is 1.72. The third-order valence-electron chi connectivity index (χ3n) is 3.82. The molecule has 0 radical (unpaired) electrons. The molecule has 3 heteroatoms. The van der Waals surface area contributed by atoms with Gasteiger partial charge >= 0.3 is 5.97 Å². The quantitative estimate of drug-likeness (QED) is 0.703. The van der Waals surface area contributed by atoms with Crippen molar-refractivity contribution in [2.24, 2.45) is 17.3 Å². The molecule has 2 rings (SSSR count). The van der Waals surface area contributed by atoms with Crippen LogP contribution in [0, 0.1) is 17.3 Å². The number of carbonyl (C=O) groups excluding carboxylic acids is 1. The lowest BCUT2D eigenvalue weighted by Crippen LogP contribution is -2.54. The van der Waals surface area contributed by atoms with E-state index in [2.05, 4.69) is 0 Å². The summed E-state index contributed by atoms with van der Waals surface area (Å²) in [5.41, 5.74) is -0.453. The maximum Gasteiger partial charge on any atom is 0.304 e. The van der Waals surface area contributed by atoms with Crippen LogP contribution >= 0.6 is 0 Å². The number of carbonyl (C=O) groups is 2. The van der Waals surface area contributed by atoms with E-state index in [0.717, 1.165) is 19.3 Å². The smallest absolute Gasteiger partial charge is 0.304 e. The topological polar surface area (TPSA) is 54.4 Å². The van der Waals surface area contributed by atoms with Gasteiger partial charge in [0.05, 0.1) is 6.42 Å². The lowest BCUT2D eigenvalue weighted by atomic mass is 9.53.